The Morgan fingerprint density at radius 2 is 1.73 bits per heavy atom. The van der Waals surface area contributed by atoms with E-state index in [4.69, 9.17) is 9.47 Å². The maximum atomic E-state index is 13.0. The zero-order chi connectivity index (χ0) is 23.6. The van der Waals surface area contributed by atoms with E-state index in [1.54, 1.807) is 55.6 Å². The molecule has 0 saturated heterocycles. The first-order valence-electron chi connectivity index (χ1n) is 10.8. The van der Waals surface area contributed by atoms with Gasteiger partial charge in [0.15, 0.2) is 11.5 Å². The number of rotatable bonds is 11. The van der Waals surface area contributed by atoms with Crippen molar-refractivity contribution in [1.82, 2.24) is 4.90 Å². The molecule has 1 heterocycles. The number of methoxy groups -OCH3 is 1. The molecule has 3 aromatic rings. The number of para-hydroxylation sites is 1. The number of hydrogen-bond acceptors (Lipinski definition) is 6. The van der Waals surface area contributed by atoms with Crippen molar-refractivity contribution < 1.29 is 19.1 Å². The van der Waals surface area contributed by atoms with Crippen LogP contribution in [0.25, 0.3) is 0 Å². The van der Waals surface area contributed by atoms with Crippen molar-refractivity contribution in [3.8, 4) is 11.5 Å². The van der Waals surface area contributed by atoms with Crippen molar-refractivity contribution in [2.45, 2.75) is 13.8 Å². The zero-order valence-corrected chi connectivity index (χ0v) is 19.9. The lowest BCUT2D eigenvalue weighted by atomic mass is 10.1. The molecule has 2 aromatic carbocycles. The molecule has 7 nitrogen and oxygen atoms in total. The second-order valence-corrected chi connectivity index (χ2v) is 8.12. The Kier molecular flexibility index (Phi) is 8.86. The highest BCUT2D eigenvalue weighted by Gasteiger charge is 2.16. The topological polar surface area (TPSA) is 79.9 Å². The van der Waals surface area contributed by atoms with Crippen LogP contribution in [0.2, 0.25) is 0 Å². The van der Waals surface area contributed by atoms with E-state index in [0.29, 0.717) is 39.9 Å². The van der Waals surface area contributed by atoms with E-state index in [9.17, 15) is 9.59 Å². The summed E-state index contributed by atoms with van der Waals surface area (Å²) in [7, 11) is 1.58. The maximum Gasteiger partial charge on any atom is 0.265 e. The summed E-state index contributed by atoms with van der Waals surface area (Å²) >= 11 is 1.34. The molecule has 0 unspecified atom stereocenters. The van der Waals surface area contributed by atoms with E-state index in [0.717, 1.165) is 19.6 Å². The van der Waals surface area contributed by atoms with E-state index in [-0.39, 0.29) is 11.8 Å². The number of carbonyl (C=O) groups is 2. The first kappa shape index (κ1) is 24.3. The Bertz CT molecular complexity index is 1070. The third kappa shape index (κ3) is 6.57. The minimum atomic E-state index is -0.337. The summed E-state index contributed by atoms with van der Waals surface area (Å²) in [5.74, 6) is 0.563. The average molecular weight is 468 g/mol. The number of nitrogens with zero attached hydrogens (tertiary/aromatic N) is 1. The summed E-state index contributed by atoms with van der Waals surface area (Å²) in [4.78, 5) is 28.3. The second-order valence-electron chi connectivity index (χ2n) is 7.17. The molecule has 2 amide bonds. The fraction of sp³-hybridized carbons (Fsp3) is 0.280. The summed E-state index contributed by atoms with van der Waals surface area (Å²) in [6.07, 6.45) is 0. The molecule has 0 aliphatic carbocycles. The Balaban J connectivity index is 1.72. The average Bonchev–Trinajstić information content (AvgIpc) is 3.38. The van der Waals surface area contributed by atoms with Gasteiger partial charge in [0.2, 0.25) is 0 Å². The highest BCUT2D eigenvalue weighted by atomic mass is 32.1. The fourth-order valence-corrected chi connectivity index (χ4v) is 3.89. The minimum absolute atomic E-state index is 0.251. The Morgan fingerprint density at radius 3 is 2.42 bits per heavy atom. The lowest BCUT2D eigenvalue weighted by molar-refractivity contribution is 0.102. The van der Waals surface area contributed by atoms with Gasteiger partial charge in [-0.2, -0.15) is 0 Å². The molecule has 3 rings (SSSR count). The van der Waals surface area contributed by atoms with Crippen LogP contribution in [0.15, 0.2) is 60.0 Å². The number of nitrogens with one attached hydrogen (secondary N) is 2. The molecule has 2 N–H and O–H groups in total. The van der Waals surface area contributed by atoms with Crippen molar-refractivity contribution in [3.05, 3.63) is 70.4 Å². The van der Waals surface area contributed by atoms with Crippen LogP contribution in [0.1, 0.15) is 33.9 Å². The van der Waals surface area contributed by atoms with Gasteiger partial charge in [-0.15, -0.1) is 11.3 Å². The molecular formula is C25H29N3O4S. The normalized spacial score (nSPS) is 10.7. The van der Waals surface area contributed by atoms with Gasteiger partial charge >= 0.3 is 0 Å². The van der Waals surface area contributed by atoms with Gasteiger partial charge in [-0.1, -0.05) is 32.0 Å². The third-order valence-electron chi connectivity index (χ3n) is 5.15. The van der Waals surface area contributed by atoms with Gasteiger partial charge in [0, 0.05) is 18.3 Å². The first-order chi connectivity index (χ1) is 16.0. The molecule has 0 fully saturated rings. The largest absolute Gasteiger partial charge is 0.493 e. The van der Waals surface area contributed by atoms with E-state index in [2.05, 4.69) is 29.4 Å². The molecule has 174 valence electrons. The number of benzene rings is 2. The van der Waals surface area contributed by atoms with E-state index >= 15 is 0 Å². The first-order valence-corrected chi connectivity index (χ1v) is 11.7. The molecule has 0 spiro atoms. The van der Waals surface area contributed by atoms with Gasteiger partial charge in [0.1, 0.15) is 6.61 Å². The van der Waals surface area contributed by atoms with Gasteiger partial charge in [-0.3, -0.25) is 9.59 Å². The van der Waals surface area contributed by atoms with Crippen LogP contribution < -0.4 is 20.1 Å². The summed E-state index contributed by atoms with van der Waals surface area (Å²) in [5, 5.41) is 7.54. The number of ether oxygens (including phenoxy) is 2. The molecule has 0 atom stereocenters. The summed E-state index contributed by atoms with van der Waals surface area (Å²) in [5.41, 5.74) is 1.37. The van der Waals surface area contributed by atoms with E-state index in [1.807, 2.05) is 11.4 Å². The van der Waals surface area contributed by atoms with Crippen LogP contribution in [0, 0.1) is 0 Å². The number of amides is 2. The Hall–Kier alpha value is -3.36. The van der Waals surface area contributed by atoms with Crippen molar-refractivity contribution >= 4 is 34.5 Å². The van der Waals surface area contributed by atoms with Crippen LogP contribution in [-0.4, -0.2) is 50.1 Å². The fourth-order valence-electron chi connectivity index (χ4n) is 3.27. The smallest absolute Gasteiger partial charge is 0.265 e. The van der Waals surface area contributed by atoms with Crippen molar-refractivity contribution in [1.29, 1.82) is 0 Å². The number of carbonyl (C=O) groups excluding carboxylic acids is 2. The van der Waals surface area contributed by atoms with Crippen molar-refractivity contribution in [2.24, 2.45) is 0 Å². The van der Waals surface area contributed by atoms with Gasteiger partial charge in [0.25, 0.3) is 11.8 Å². The summed E-state index contributed by atoms with van der Waals surface area (Å²) < 4.78 is 11.3. The van der Waals surface area contributed by atoms with Crippen LogP contribution in [0.5, 0.6) is 11.5 Å². The van der Waals surface area contributed by atoms with Crippen LogP contribution in [-0.2, 0) is 0 Å². The monoisotopic (exact) mass is 467 g/mol. The number of thiophene rings is 1. The molecule has 0 bridgehead atoms. The standard InChI is InChI=1S/C25H29N3O4S/c1-4-28(5-2)14-15-32-22-17-18(12-13-21(22)31-3)26-24(29)19-9-6-7-10-20(19)27-25(30)23-11-8-16-33-23/h6-13,16-17H,4-5,14-15H2,1-3H3,(H,26,29)(H,27,30). The summed E-state index contributed by atoms with van der Waals surface area (Å²) in [6, 6.07) is 15.7. The minimum Gasteiger partial charge on any atom is -0.493 e. The quantitative estimate of drug-likeness (QED) is 0.416. The van der Waals surface area contributed by atoms with Crippen LogP contribution in [0.4, 0.5) is 11.4 Å². The Labute approximate surface area is 198 Å². The number of likely N-dealkylation sites (N-methyl/N-ethyl adjacent to an activating group) is 1. The lowest BCUT2D eigenvalue weighted by Gasteiger charge is -2.19. The molecule has 0 saturated carbocycles. The third-order valence-corrected chi connectivity index (χ3v) is 6.01. The van der Waals surface area contributed by atoms with Gasteiger partial charge < -0.3 is 25.0 Å². The van der Waals surface area contributed by atoms with Crippen LogP contribution in [0.3, 0.4) is 0 Å². The molecule has 1 aromatic heterocycles. The SMILES string of the molecule is CCN(CC)CCOc1cc(NC(=O)c2ccccc2NC(=O)c2cccs2)ccc1OC. The molecule has 8 heteroatoms. The predicted octanol–water partition coefficient (Wildman–Crippen LogP) is 4.98. The maximum absolute atomic E-state index is 13.0. The summed E-state index contributed by atoms with van der Waals surface area (Å²) in [6.45, 7) is 7.43. The molecular weight excluding hydrogens is 438 g/mol. The van der Waals surface area contributed by atoms with Crippen molar-refractivity contribution in [2.75, 3.05) is 44.0 Å². The van der Waals surface area contributed by atoms with Crippen molar-refractivity contribution in [3.63, 3.8) is 0 Å². The van der Waals surface area contributed by atoms with Gasteiger partial charge in [0.05, 0.1) is 23.2 Å². The predicted molar refractivity (Wildman–Crippen MR) is 133 cm³/mol. The molecule has 0 radical (unpaired) electrons. The van der Waals surface area contributed by atoms with Crippen LogP contribution >= 0.6 is 11.3 Å². The highest BCUT2D eigenvalue weighted by Crippen LogP contribution is 2.31. The zero-order valence-electron chi connectivity index (χ0n) is 19.1. The van der Waals surface area contributed by atoms with E-state index in [1.165, 1.54) is 11.3 Å². The number of anilines is 2. The lowest BCUT2D eigenvalue weighted by Crippen LogP contribution is -2.28. The molecule has 0 aliphatic heterocycles. The Morgan fingerprint density at radius 1 is 0.939 bits per heavy atom. The molecule has 0 aliphatic rings. The van der Waals surface area contributed by atoms with Gasteiger partial charge in [-0.25, -0.2) is 0 Å². The highest BCUT2D eigenvalue weighted by molar-refractivity contribution is 7.12. The van der Waals surface area contributed by atoms with Gasteiger partial charge in [-0.05, 0) is 48.8 Å². The molecule has 33 heavy (non-hydrogen) atoms. The second kappa shape index (κ2) is 12.0. The number of hydrogen-bond donors (Lipinski definition) is 2. The van der Waals surface area contributed by atoms with E-state index < -0.39 is 0 Å².